The van der Waals surface area contributed by atoms with Crippen LogP contribution >= 0.6 is 0 Å². The van der Waals surface area contributed by atoms with Gasteiger partial charge in [0, 0.05) is 26.2 Å². The van der Waals surface area contributed by atoms with E-state index in [-0.39, 0.29) is 12.5 Å². The van der Waals surface area contributed by atoms with Gasteiger partial charge >= 0.3 is 6.03 Å². The Kier molecular flexibility index (Phi) is 5.36. The Labute approximate surface area is 158 Å². The molecule has 8 nitrogen and oxygen atoms in total. The van der Waals surface area contributed by atoms with E-state index in [1.54, 1.807) is 12.0 Å². The molecule has 2 saturated heterocycles. The number of carbonyl (C=O) groups excluding carboxylic acids is 3. The van der Waals surface area contributed by atoms with Gasteiger partial charge in [0.1, 0.15) is 17.8 Å². The molecular weight excluding hydrogens is 348 g/mol. The Balaban J connectivity index is 1.71. The first-order valence-corrected chi connectivity index (χ1v) is 9.18. The van der Waals surface area contributed by atoms with E-state index in [1.165, 1.54) is 0 Å². The molecule has 0 bridgehead atoms. The minimum absolute atomic E-state index is 0.297. The molecule has 146 valence electrons. The third-order valence-electron chi connectivity index (χ3n) is 5.48. The van der Waals surface area contributed by atoms with E-state index in [4.69, 9.17) is 10.5 Å². The summed E-state index contributed by atoms with van der Waals surface area (Å²) in [4.78, 5) is 41.7. The molecule has 2 aliphatic heterocycles. The highest BCUT2D eigenvalue weighted by Gasteiger charge is 2.57. The molecule has 2 N–H and O–H groups in total. The lowest BCUT2D eigenvalue weighted by molar-refractivity contribution is -0.137. The fourth-order valence-electron chi connectivity index (χ4n) is 4.11. The van der Waals surface area contributed by atoms with Gasteiger partial charge in [0.05, 0.1) is 7.11 Å². The quantitative estimate of drug-likeness (QED) is 0.743. The molecule has 2 heterocycles. The van der Waals surface area contributed by atoms with Gasteiger partial charge in [-0.25, -0.2) is 4.79 Å². The average Bonchev–Trinajstić information content (AvgIpc) is 2.84. The zero-order valence-corrected chi connectivity index (χ0v) is 15.8. The van der Waals surface area contributed by atoms with Crippen molar-refractivity contribution in [1.29, 1.82) is 0 Å². The van der Waals surface area contributed by atoms with Gasteiger partial charge in [-0.2, -0.15) is 0 Å². The number of nitrogens with two attached hydrogens (primary N) is 1. The molecule has 2 fully saturated rings. The first kappa shape index (κ1) is 19.2. The number of amides is 4. The Morgan fingerprint density at radius 2 is 1.96 bits per heavy atom. The van der Waals surface area contributed by atoms with E-state index in [2.05, 4.69) is 4.90 Å². The molecule has 3 rings (SSSR count). The predicted octanol–water partition coefficient (Wildman–Crippen LogP) is 0.799. The van der Waals surface area contributed by atoms with Crippen molar-refractivity contribution in [1.82, 2.24) is 14.7 Å². The van der Waals surface area contributed by atoms with Gasteiger partial charge in [-0.1, -0.05) is 12.1 Å². The van der Waals surface area contributed by atoms with Crippen LogP contribution in [0.2, 0.25) is 0 Å². The average molecular weight is 374 g/mol. The lowest BCUT2D eigenvalue weighted by Crippen LogP contribution is -2.56. The minimum atomic E-state index is -0.855. The predicted molar refractivity (Wildman–Crippen MR) is 98.9 cm³/mol. The van der Waals surface area contributed by atoms with Crippen LogP contribution in [0.3, 0.4) is 0 Å². The number of primary amides is 1. The summed E-state index contributed by atoms with van der Waals surface area (Å²) in [5, 5.41) is 0. The van der Waals surface area contributed by atoms with Gasteiger partial charge in [-0.3, -0.25) is 19.4 Å². The third kappa shape index (κ3) is 3.49. The SMILES string of the molecule is CCN1C(=O)N(CC(N)=O)C(=O)C12CCN(Cc1cccc(OC)c1)CC2. The number of hydrogen-bond acceptors (Lipinski definition) is 5. The van der Waals surface area contributed by atoms with Crippen LogP contribution in [0.15, 0.2) is 24.3 Å². The standard InChI is InChI=1S/C19H26N4O4/c1-3-23-18(26)22(13-16(20)24)17(25)19(23)7-9-21(10-8-19)12-14-5-4-6-15(11-14)27-2/h4-6,11H,3,7-10,12-13H2,1-2H3,(H2,20,24). The maximum atomic E-state index is 13.0. The van der Waals surface area contributed by atoms with Crippen molar-refractivity contribution in [3.63, 3.8) is 0 Å². The summed E-state index contributed by atoms with van der Waals surface area (Å²) in [5.41, 5.74) is 5.50. The van der Waals surface area contributed by atoms with Gasteiger partial charge in [-0.05, 0) is 37.5 Å². The maximum absolute atomic E-state index is 13.0. The monoisotopic (exact) mass is 374 g/mol. The highest BCUT2D eigenvalue weighted by molar-refractivity contribution is 6.09. The van der Waals surface area contributed by atoms with E-state index in [0.29, 0.717) is 32.5 Å². The normalized spacial score (nSPS) is 19.8. The second kappa shape index (κ2) is 7.56. The number of likely N-dealkylation sites (tertiary alicyclic amines) is 1. The largest absolute Gasteiger partial charge is 0.497 e. The molecule has 0 unspecified atom stereocenters. The molecule has 1 spiro atoms. The number of benzene rings is 1. The van der Waals surface area contributed by atoms with Crippen LogP contribution in [-0.2, 0) is 16.1 Å². The molecule has 1 aromatic carbocycles. The Morgan fingerprint density at radius 3 is 2.56 bits per heavy atom. The molecular formula is C19H26N4O4. The molecule has 4 amide bonds. The summed E-state index contributed by atoms with van der Waals surface area (Å²) in [6, 6.07) is 7.50. The summed E-state index contributed by atoms with van der Waals surface area (Å²) >= 11 is 0. The fraction of sp³-hybridized carbons (Fsp3) is 0.526. The number of urea groups is 1. The third-order valence-corrected chi connectivity index (χ3v) is 5.48. The van der Waals surface area contributed by atoms with Crippen LogP contribution in [0.5, 0.6) is 5.75 Å². The second-order valence-electron chi connectivity index (χ2n) is 7.04. The molecule has 8 heteroatoms. The van der Waals surface area contributed by atoms with Gasteiger partial charge in [0.25, 0.3) is 5.91 Å². The van der Waals surface area contributed by atoms with Crippen molar-refractivity contribution < 1.29 is 19.1 Å². The lowest BCUT2D eigenvalue weighted by atomic mass is 9.85. The van der Waals surface area contributed by atoms with Crippen molar-refractivity contribution in [2.75, 3.05) is 33.3 Å². The van der Waals surface area contributed by atoms with Gasteiger partial charge in [0.15, 0.2) is 0 Å². The maximum Gasteiger partial charge on any atom is 0.328 e. The topological polar surface area (TPSA) is 96.2 Å². The van der Waals surface area contributed by atoms with E-state index in [1.807, 2.05) is 31.2 Å². The van der Waals surface area contributed by atoms with Crippen LogP contribution in [0.25, 0.3) is 0 Å². The number of nitrogens with zero attached hydrogens (tertiary/aromatic N) is 3. The zero-order chi connectivity index (χ0) is 19.6. The Bertz CT molecular complexity index is 743. The number of carbonyl (C=O) groups is 3. The summed E-state index contributed by atoms with van der Waals surface area (Å²) in [7, 11) is 1.64. The second-order valence-corrected chi connectivity index (χ2v) is 7.04. The van der Waals surface area contributed by atoms with Crippen molar-refractivity contribution in [3.05, 3.63) is 29.8 Å². The number of ether oxygens (including phenoxy) is 1. The van der Waals surface area contributed by atoms with Crippen molar-refractivity contribution in [2.45, 2.75) is 31.8 Å². The number of methoxy groups -OCH3 is 1. The first-order chi connectivity index (χ1) is 12.9. The summed E-state index contributed by atoms with van der Waals surface area (Å²) in [6.07, 6.45) is 1.09. The van der Waals surface area contributed by atoms with E-state index in [0.717, 1.165) is 22.8 Å². The Morgan fingerprint density at radius 1 is 1.26 bits per heavy atom. The summed E-state index contributed by atoms with van der Waals surface area (Å²) < 4.78 is 5.27. The smallest absolute Gasteiger partial charge is 0.328 e. The fourth-order valence-corrected chi connectivity index (χ4v) is 4.11. The molecule has 0 aliphatic carbocycles. The lowest BCUT2D eigenvalue weighted by Gasteiger charge is -2.42. The minimum Gasteiger partial charge on any atom is -0.497 e. The number of hydrogen-bond donors (Lipinski definition) is 1. The number of likely N-dealkylation sites (N-methyl/N-ethyl adjacent to an activating group) is 1. The van der Waals surface area contributed by atoms with E-state index < -0.39 is 17.5 Å². The highest BCUT2D eigenvalue weighted by atomic mass is 16.5. The molecule has 0 radical (unpaired) electrons. The van der Waals surface area contributed by atoms with Gasteiger partial charge in [-0.15, -0.1) is 0 Å². The van der Waals surface area contributed by atoms with Crippen LogP contribution in [0.1, 0.15) is 25.3 Å². The molecule has 1 aromatic rings. The van der Waals surface area contributed by atoms with E-state index >= 15 is 0 Å². The molecule has 0 aromatic heterocycles. The van der Waals surface area contributed by atoms with Crippen molar-refractivity contribution in [2.24, 2.45) is 5.73 Å². The molecule has 0 atom stereocenters. The van der Waals surface area contributed by atoms with Crippen molar-refractivity contribution in [3.8, 4) is 5.75 Å². The van der Waals surface area contributed by atoms with Gasteiger partial charge in [0.2, 0.25) is 5.91 Å². The number of imide groups is 1. The molecule has 2 aliphatic rings. The Hall–Kier alpha value is -2.61. The number of rotatable bonds is 6. The van der Waals surface area contributed by atoms with Crippen molar-refractivity contribution >= 4 is 17.8 Å². The summed E-state index contributed by atoms with van der Waals surface area (Å²) in [6.45, 7) is 4.06. The van der Waals surface area contributed by atoms with Crippen LogP contribution in [0, 0.1) is 0 Å². The van der Waals surface area contributed by atoms with E-state index in [9.17, 15) is 14.4 Å². The summed E-state index contributed by atoms with van der Waals surface area (Å²) in [5.74, 6) is -0.161. The number of piperidine rings is 1. The highest BCUT2D eigenvalue weighted by Crippen LogP contribution is 2.37. The first-order valence-electron chi connectivity index (χ1n) is 9.18. The van der Waals surface area contributed by atoms with Crippen LogP contribution < -0.4 is 10.5 Å². The zero-order valence-electron chi connectivity index (χ0n) is 15.8. The molecule has 0 saturated carbocycles. The van der Waals surface area contributed by atoms with Crippen LogP contribution in [-0.4, -0.2) is 71.4 Å². The molecule has 27 heavy (non-hydrogen) atoms. The van der Waals surface area contributed by atoms with Crippen LogP contribution in [0.4, 0.5) is 4.79 Å². The van der Waals surface area contributed by atoms with Gasteiger partial charge < -0.3 is 15.4 Å².